The fourth-order valence-electron chi connectivity index (χ4n) is 1.44. The van der Waals surface area contributed by atoms with Crippen molar-refractivity contribution in [2.75, 3.05) is 0 Å². The SMILES string of the molecule is NC=C(C1CC1)C1CC1. The molecule has 1 heteroatoms. The first-order valence-corrected chi connectivity index (χ1v) is 3.83. The quantitative estimate of drug-likeness (QED) is 0.593. The summed E-state index contributed by atoms with van der Waals surface area (Å²) in [6, 6.07) is 0. The molecule has 2 N–H and O–H groups in total. The molecule has 1 nitrogen and oxygen atoms in total. The topological polar surface area (TPSA) is 26.0 Å². The molecule has 2 fully saturated rings. The molecule has 0 spiro atoms. The molecular weight excluding hydrogens is 110 g/mol. The van der Waals surface area contributed by atoms with E-state index in [-0.39, 0.29) is 0 Å². The molecule has 50 valence electrons. The zero-order valence-electron chi connectivity index (χ0n) is 5.64. The van der Waals surface area contributed by atoms with Crippen LogP contribution in [0.1, 0.15) is 25.7 Å². The molecule has 0 aliphatic heterocycles. The van der Waals surface area contributed by atoms with Gasteiger partial charge in [0.05, 0.1) is 0 Å². The fraction of sp³-hybridized carbons (Fsp3) is 0.750. The normalized spacial score (nSPS) is 25.8. The number of allylic oxidation sites excluding steroid dienone is 1. The first-order chi connectivity index (χ1) is 4.42. The van der Waals surface area contributed by atoms with Gasteiger partial charge in [0.25, 0.3) is 0 Å². The third-order valence-electron chi connectivity index (χ3n) is 2.29. The van der Waals surface area contributed by atoms with Crippen molar-refractivity contribution in [2.45, 2.75) is 25.7 Å². The van der Waals surface area contributed by atoms with Gasteiger partial charge in [0.1, 0.15) is 0 Å². The van der Waals surface area contributed by atoms with Crippen LogP contribution in [0.15, 0.2) is 11.8 Å². The van der Waals surface area contributed by atoms with Crippen molar-refractivity contribution in [1.29, 1.82) is 0 Å². The molecule has 0 heterocycles. The highest BCUT2D eigenvalue weighted by atomic mass is 14.5. The van der Waals surface area contributed by atoms with Crippen molar-refractivity contribution in [1.82, 2.24) is 0 Å². The number of rotatable bonds is 2. The Bertz CT molecular complexity index is 127. The van der Waals surface area contributed by atoms with Crippen molar-refractivity contribution >= 4 is 0 Å². The van der Waals surface area contributed by atoms with Crippen molar-refractivity contribution in [3.8, 4) is 0 Å². The smallest absolute Gasteiger partial charge is 0.00648 e. The monoisotopic (exact) mass is 123 g/mol. The van der Waals surface area contributed by atoms with Gasteiger partial charge in [-0.05, 0) is 49.3 Å². The van der Waals surface area contributed by atoms with Gasteiger partial charge in [-0.25, -0.2) is 0 Å². The average molecular weight is 123 g/mol. The minimum atomic E-state index is 0.905. The molecule has 0 aromatic carbocycles. The van der Waals surface area contributed by atoms with Gasteiger partial charge in [-0.15, -0.1) is 0 Å². The summed E-state index contributed by atoms with van der Waals surface area (Å²) in [5.74, 6) is 1.81. The standard InChI is InChI=1S/C8H13N/c9-5-8(6-1-2-6)7-3-4-7/h5-7H,1-4,9H2. The van der Waals surface area contributed by atoms with E-state index < -0.39 is 0 Å². The highest BCUT2D eigenvalue weighted by molar-refractivity contribution is 5.18. The van der Waals surface area contributed by atoms with E-state index in [1.807, 2.05) is 6.20 Å². The first-order valence-electron chi connectivity index (χ1n) is 3.83. The molecule has 9 heavy (non-hydrogen) atoms. The van der Waals surface area contributed by atoms with Crippen LogP contribution in [0, 0.1) is 11.8 Å². The molecule has 0 aromatic heterocycles. The van der Waals surface area contributed by atoms with Crippen LogP contribution in [0.5, 0.6) is 0 Å². The van der Waals surface area contributed by atoms with E-state index in [1.165, 1.54) is 25.7 Å². The van der Waals surface area contributed by atoms with Gasteiger partial charge in [0, 0.05) is 0 Å². The second-order valence-electron chi connectivity index (χ2n) is 3.22. The number of hydrogen-bond donors (Lipinski definition) is 1. The Morgan fingerprint density at radius 1 is 1.11 bits per heavy atom. The maximum Gasteiger partial charge on any atom is -0.00648 e. The molecule has 0 unspecified atom stereocenters. The molecular formula is C8H13N. The average Bonchev–Trinajstić information content (AvgIpc) is 2.61. The second-order valence-corrected chi connectivity index (χ2v) is 3.22. The van der Waals surface area contributed by atoms with Crippen LogP contribution >= 0.6 is 0 Å². The van der Waals surface area contributed by atoms with Crippen LogP contribution < -0.4 is 5.73 Å². The van der Waals surface area contributed by atoms with E-state index in [2.05, 4.69) is 0 Å². The van der Waals surface area contributed by atoms with Crippen molar-refractivity contribution in [3.05, 3.63) is 11.8 Å². The summed E-state index contributed by atoms with van der Waals surface area (Å²) in [6.45, 7) is 0. The molecule has 0 radical (unpaired) electrons. The zero-order chi connectivity index (χ0) is 6.27. The number of nitrogens with two attached hydrogens (primary N) is 1. The molecule has 2 aliphatic rings. The van der Waals surface area contributed by atoms with E-state index in [1.54, 1.807) is 5.57 Å². The van der Waals surface area contributed by atoms with Crippen LogP contribution in [0.25, 0.3) is 0 Å². The summed E-state index contributed by atoms with van der Waals surface area (Å²) in [5.41, 5.74) is 7.06. The lowest BCUT2D eigenvalue weighted by molar-refractivity contribution is 0.850. The Balaban J connectivity index is 2.01. The molecule has 0 saturated heterocycles. The van der Waals surface area contributed by atoms with Gasteiger partial charge < -0.3 is 5.73 Å². The summed E-state index contributed by atoms with van der Waals surface area (Å²) in [6.07, 6.45) is 7.47. The summed E-state index contributed by atoms with van der Waals surface area (Å²) in [5, 5.41) is 0. The van der Waals surface area contributed by atoms with Gasteiger partial charge in [0.15, 0.2) is 0 Å². The summed E-state index contributed by atoms with van der Waals surface area (Å²) in [7, 11) is 0. The summed E-state index contributed by atoms with van der Waals surface area (Å²) >= 11 is 0. The molecule has 2 saturated carbocycles. The van der Waals surface area contributed by atoms with E-state index in [9.17, 15) is 0 Å². The summed E-state index contributed by atoms with van der Waals surface area (Å²) in [4.78, 5) is 0. The van der Waals surface area contributed by atoms with E-state index in [0.717, 1.165) is 11.8 Å². The van der Waals surface area contributed by atoms with Gasteiger partial charge in [0.2, 0.25) is 0 Å². The molecule has 0 bridgehead atoms. The molecule has 2 rings (SSSR count). The molecule has 0 aromatic rings. The maximum absolute atomic E-state index is 5.49. The highest BCUT2D eigenvalue weighted by Crippen LogP contribution is 2.48. The molecule has 0 amide bonds. The predicted octanol–water partition coefficient (Wildman–Crippen LogP) is 1.65. The van der Waals surface area contributed by atoms with Gasteiger partial charge >= 0.3 is 0 Å². The van der Waals surface area contributed by atoms with Crippen LogP contribution in [0.3, 0.4) is 0 Å². The number of hydrogen-bond acceptors (Lipinski definition) is 1. The van der Waals surface area contributed by atoms with E-state index in [4.69, 9.17) is 5.73 Å². The Morgan fingerprint density at radius 3 is 1.78 bits per heavy atom. The Kier molecular flexibility index (Phi) is 1.04. The molecule has 0 atom stereocenters. The Labute approximate surface area is 55.9 Å². The lowest BCUT2D eigenvalue weighted by Gasteiger charge is -1.98. The van der Waals surface area contributed by atoms with Crippen molar-refractivity contribution in [2.24, 2.45) is 17.6 Å². The van der Waals surface area contributed by atoms with Crippen LogP contribution in [0.2, 0.25) is 0 Å². The maximum atomic E-state index is 5.49. The third-order valence-corrected chi connectivity index (χ3v) is 2.29. The zero-order valence-corrected chi connectivity index (χ0v) is 5.64. The second kappa shape index (κ2) is 1.76. The summed E-state index contributed by atoms with van der Waals surface area (Å²) < 4.78 is 0. The van der Waals surface area contributed by atoms with Crippen LogP contribution in [-0.2, 0) is 0 Å². The lowest BCUT2D eigenvalue weighted by Crippen LogP contribution is -1.92. The van der Waals surface area contributed by atoms with E-state index >= 15 is 0 Å². The highest BCUT2D eigenvalue weighted by Gasteiger charge is 2.35. The van der Waals surface area contributed by atoms with Gasteiger partial charge in [-0.1, -0.05) is 0 Å². The Hall–Kier alpha value is -0.460. The van der Waals surface area contributed by atoms with Crippen LogP contribution in [0.4, 0.5) is 0 Å². The van der Waals surface area contributed by atoms with Gasteiger partial charge in [-0.2, -0.15) is 0 Å². The van der Waals surface area contributed by atoms with Crippen molar-refractivity contribution in [3.63, 3.8) is 0 Å². The van der Waals surface area contributed by atoms with Crippen LogP contribution in [-0.4, -0.2) is 0 Å². The third kappa shape index (κ3) is 0.958. The minimum absolute atomic E-state index is 0.905. The largest absolute Gasteiger partial charge is 0.405 e. The lowest BCUT2D eigenvalue weighted by atomic mass is 10.1. The Morgan fingerprint density at radius 2 is 1.56 bits per heavy atom. The van der Waals surface area contributed by atoms with Crippen molar-refractivity contribution < 1.29 is 0 Å². The predicted molar refractivity (Wildman–Crippen MR) is 37.7 cm³/mol. The van der Waals surface area contributed by atoms with E-state index in [0.29, 0.717) is 0 Å². The minimum Gasteiger partial charge on any atom is -0.405 e. The molecule has 2 aliphatic carbocycles. The van der Waals surface area contributed by atoms with Gasteiger partial charge in [-0.3, -0.25) is 0 Å². The first kappa shape index (κ1) is 5.33. The fourth-order valence-corrected chi connectivity index (χ4v) is 1.44.